The summed E-state index contributed by atoms with van der Waals surface area (Å²) in [5.41, 5.74) is 1.13. The van der Waals surface area contributed by atoms with E-state index in [1.54, 1.807) is 41.8 Å². The SMILES string of the molecule is CCOc1cccc(N(C(=O)CNC(=O)c2cccs2)[C@H](C(=O)NC[C@@H]2CCCO2)c2ccccc2)c1. The number of nitrogens with one attached hydrogen (secondary N) is 2. The predicted octanol–water partition coefficient (Wildman–Crippen LogP) is 3.95. The minimum Gasteiger partial charge on any atom is -0.494 e. The first kappa shape index (κ1) is 26.4. The third-order valence-electron chi connectivity index (χ3n) is 5.97. The highest BCUT2D eigenvalue weighted by molar-refractivity contribution is 7.12. The molecule has 8 nitrogen and oxygen atoms in total. The van der Waals surface area contributed by atoms with Gasteiger partial charge in [0, 0.05) is 24.9 Å². The first-order valence-corrected chi connectivity index (χ1v) is 13.3. The average Bonchev–Trinajstić information content (AvgIpc) is 3.64. The molecule has 194 valence electrons. The van der Waals surface area contributed by atoms with E-state index in [9.17, 15) is 14.4 Å². The number of benzene rings is 2. The van der Waals surface area contributed by atoms with Crippen molar-refractivity contribution in [3.8, 4) is 5.75 Å². The van der Waals surface area contributed by atoms with Gasteiger partial charge in [0.25, 0.3) is 5.91 Å². The fraction of sp³-hybridized carbons (Fsp3) is 0.321. The lowest BCUT2D eigenvalue weighted by Gasteiger charge is -2.32. The Labute approximate surface area is 220 Å². The van der Waals surface area contributed by atoms with Crippen LogP contribution in [0, 0.1) is 0 Å². The fourth-order valence-corrected chi connectivity index (χ4v) is 4.87. The first-order chi connectivity index (χ1) is 18.1. The van der Waals surface area contributed by atoms with Crippen LogP contribution in [0.3, 0.4) is 0 Å². The molecule has 0 spiro atoms. The van der Waals surface area contributed by atoms with E-state index in [2.05, 4.69) is 10.6 Å². The zero-order chi connectivity index (χ0) is 26.0. The van der Waals surface area contributed by atoms with E-state index in [1.165, 1.54) is 16.2 Å². The maximum absolute atomic E-state index is 13.7. The van der Waals surface area contributed by atoms with Crippen LogP contribution in [0.5, 0.6) is 5.75 Å². The number of hydrogen-bond acceptors (Lipinski definition) is 6. The Bertz CT molecular complexity index is 1180. The number of carbonyl (C=O) groups excluding carboxylic acids is 3. The topological polar surface area (TPSA) is 97.0 Å². The fourth-order valence-electron chi connectivity index (χ4n) is 4.23. The van der Waals surface area contributed by atoms with Crippen LogP contribution in [-0.4, -0.2) is 50.1 Å². The summed E-state index contributed by atoms with van der Waals surface area (Å²) in [6, 6.07) is 18.7. The lowest BCUT2D eigenvalue weighted by atomic mass is 10.0. The molecule has 1 aliphatic heterocycles. The van der Waals surface area contributed by atoms with Crippen LogP contribution in [0.15, 0.2) is 72.1 Å². The van der Waals surface area contributed by atoms with Crippen molar-refractivity contribution in [2.24, 2.45) is 0 Å². The van der Waals surface area contributed by atoms with Gasteiger partial charge in [0.2, 0.25) is 11.8 Å². The lowest BCUT2D eigenvalue weighted by molar-refractivity contribution is -0.126. The van der Waals surface area contributed by atoms with Crippen LogP contribution in [0.4, 0.5) is 5.69 Å². The largest absolute Gasteiger partial charge is 0.494 e. The van der Waals surface area contributed by atoms with Gasteiger partial charge in [-0.05, 0) is 48.9 Å². The molecule has 0 unspecified atom stereocenters. The van der Waals surface area contributed by atoms with Crippen molar-refractivity contribution >= 4 is 34.7 Å². The maximum Gasteiger partial charge on any atom is 0.261 e. The minimum atomic E-state index is -0.967. The molecule has 2 N–H and O–H groups in total. The Morgan fingerprint density at radius 3 is 2.62 bits per heavy atom. The second kappa shape index (κ2) is 13.0. The second-order valence-electron chi connectivity index (χ2n) is 8.55. The number of carbonyl (C=O) groups is 3. The Hall–Kier alpha value is -3.69. The normalized spacial score (nSPS) is 15.5. The van der Waals surface area contributed by atoms with Gasteiger partial charge in [-0.15, -0.1) is 11.3 Å². The van der Waals surface area contributed by atoms with E-state index in [-0.39, 0.29) is 24.5 Å². The molecule has 0 radical (unpaired) electrons. The minimum absolute atomic E-state index is 0.0455. The molecule has 0 bridgehead atoms. The molecule has 0 saturated carbocycles. The van der Waals surface area contributed by atoms with Crippen molar-refractivity contribution in [2.75, 3.05) is 31.2 Å². The summed E-state index contributed by atoms with van der Waals surface area (Å²) >= 11 is 1.29. The second-order valence-corrected chi connectivity index (χ2v) is 9.50. The summed E-state index contributed by atoms with van der Waals surface area (Å²) in [6.07, 6.45) is 1.79. The molecule has 1 saturated heterocycles. The molecule has 2 heterocycles. The average molecular weight is 522 g/mol. The number of amides is 3. The third kappa shape index (κ3) is 6.96. The molecular weight excluding hydrogens is 490 g/mol. The highest BCUT2D eigenvalue weighted by Crippen LogP contribution is 2.30. The number of hydrogen-bond donors (Lipinski definition) is 2. The zero-order valence-corrected chi connectivity index (χ0v) is 21.5. The van der Waals surface area contributed by atoms with Gasteiger partial charge in [0.15, 0.2) is 0 Å². The van der Waals surface area contributed by atoms with Crippen molar-refractivity contribution in [1.29, 1.82) is 0 Å². The molecule has 3 amide bonds. The van der Waals surface area contributed by atoms with Crippen LogP contribution in [0.25, 0.3) is 0 Å². The zero-order valence-electron chi connectivity index (χ0n) is 20.7. The van der Waals surface area contributed by atoms with Crippen molar-refractivity contribution in [3.05, 3.63) is 82.6 Å². The van der Waals surface area contributed by atoms with Gasteiger partial charge >= 0.3 is 0 Å². The molecular formula is C28H31N3O5S. The molecule has 1 fully saturated rings. The summed E-state index contributed by atoms with van der Waals surface area (Å²) in [6.45, 7) is 3.09. The van der Waals surface area contributed by atoms with Gasteiger partial charge in [0.05, 0.1) is 24.1 Å². The van der Waals surface area contributed by atoms with E-state index in [4.69, 9.17) is 9.47 Å². The van der Waals surface area contributed by atoms with Crippen molar-refractivity contribution in [1.82, 2.24) is 10.6 Å². The molecule has 1 aliphatic rings. The van der Waals surface area contributed by atoms with Crippen LogP contribution >= 0.6 is 11.3 Å². The Kier molecular flexibility index (Phi) is 9.29. The van der Waals surface area contributed by atoms with Crippen LogP contribution in [0.2, 0.25) is 0 Å². The summed E-state index contributed by atoms with van der Waals surface area (Å²) in [5, 5.41) is 7.47. The number of rotatable bonds is 11. The maximum atomic E-state index is 13.7. The summed E-state index contributed by atoms with van der Waals surface area (Å²) in [7, 11) is 0. The van der Waals surface area contributed by atoms with Crippen molar-refractivity contribution in [3.63, 3.8) is 0 Å². The number of anilines is 1. The molecule has 37 heavy (non-hydrogen) atoms. The van der Waals surface area contributed by atoms with Crippen LogP contribution in [-0.2, 0) is 14.3 Å². The standard InChI is InChI=1S/C28H31N3O5S/c1-2-35-22-12-6-11-21(17-22)31(25(32)19-30-27(33)24-14-8-16-37-24)26(20-9-4-3-5-10-20)28(34)29-18-23-13-7-15-36-23/h3-6,8-12,14,16-17,23,26H,2,7,13,15,18-19H2,1H3,(H,29,34)(H,30,33)/t23-,26-/m0/s1. The predicted molar refractivity (Wildman–Crippen MR) is 143 cm³/mol. The quantitative estimate of drug-likeness (QED) is 0.398. The molecule has 9 heteroatoms. The van der Waals surface area contributed by atoms with Gasteiger partial charge in [-0.3, -0.25) is 19.3 Å². The Morgan fingerprint density at radius 2 is 1.92 bits per heavy atom. The van der Waals surface area contributed by atoms with E-state index in [0.29, 0.717) is 41.6 Å². The van der Waals surface area contributed by atoms with Gasteiger partial charge in [-0.25, -0.2) is 0 Å². The molecule has 0 aliphatic carbocycles. The third-order valence-corrected chi connectivity index (χ3v) is 6.84. The van der Waals surface area contributed by atoms with Gasteiger partial charge in [-0.2, -0.15) is 0 Å². The highest BCUT2D eigenvalue weighted by atomic mass is 32.1. The first-order valence-electron chi connectivity index (χ1n) is 12.4. The van der Waals surface area contributed by atoms with Crippen molar-refractivity contribution in [2.45, 2.75) is 31.9 Å². The Balaban J connectivity index is 1.65. The van der Waals surface area contributed by atoms with E-state index in [0.717, 1.165) is 12.8 Å². The molecule has 4 rings (SSSR count). The highest BCUT2D eigenvalue weighted by Gasteiger charge is 2.33. The van der Waals surface area contributed by atoms with Crippen LogP contribution < -0.4 is 20.3 Å². The summed E-state index contributed by atoms with van der Waals surface area (Å²) in [4.78, 5) is 41.9. The Morgan fingerprint density at radius 1 is 1.08 bits per heavy atom. The monoisotopic (exact) mass is 521 g/mol. The molecule has 2 atom stereocenters. The van der Waals surface area contributed by atoms with Crippen LogP contribution in [0.1, 0.15) is 41.0 Å². The number of nitrogens with zero attached hydrogens (tertiary/aromatic N) is 1. The number of thiophene rings is 1. The van der Waals surface area contributed by atoms with E-state index in [1.807, 2.05) is 37.3 Å². The van der Waals surface area contributed by atoms with E-state index < -0.39 is 11.9 Å². The molecule has 1 aromatic heterocycles. The van der Waals surface area contributed by atoms with Gasteiger partial charge in [0.1, 0.15) is 11.8 Å². The smallest absolute Gasteiger partial charge is 0.261 e. The van der Waals surface area contributed by atoms with Crippen molar-refractivity contribution < 1.29 is 23.9 Å². The molecule has 2 aromatic carbocycles. The summed E-state index contributed by atoms with van der Waals surface area (Å²) in [5.74, 6) is -0.529. The lowest BCUT2D eigenvalue weighted by Crippen LogP contribution is -2.48. The van der Waals surface area contributed by atoms with Gasteiger partial charge in [-0.1, -0.05) is 42.5 Å². The van der Waals surface area contributed by atoms with Gasteiger partial charge < -0.3 is 20.1 Å². The molecule has 3 aromatic rings. The van der Waals surface area contributed by atoms with E-state index >= 15 is 0 Å². The summed E-state index contributed by atoms with van der Waals surface area (Å²) < 4.78 is 11.3. The number of ether oxygens (including phenoxy) is 2.